The number of likely N-dealkylation sites (tertiary alicyclic amines) is 1. The molecule has 6 nitrogen and oxygen atoms in total. The smallest absolute Gasteiger partial charge is 0.410 e. The van der Waals surface area contributed by atoms with Crippen molar-refractivity contribution in [3.8, 4) is 5.75 Å². The van der Waals surface area contributed by atoms with E-state index in [0.29, 0.717) is 12.3 Å². The van der Waals surface area contributed by atoms with Crippen LogP contribution >= 0.6 is 0 Å². The maximum Gasteiger partial charge on any atom is 0.410 e. The van der Waals surface area contributed by atoms with E-state index in [1.54, 1.807) is 0 Å². The maximum absolute atomic E-state index is 12.3. The van der Waals surface area contributed by atoms with Gasteiger partial charge in [-0.05, 0) is 57.9 Å². The summed E-state index contributed by atoms with van der Waals surface area (Å²) in [5.74, 6) is 0.302. The van der Waals surface area contributed by atoms with Crippen molar-refractivity contribution in [3.05, 3.63) is 29.3 Å². The van der Waals surface area contributed by atoms with Crippen molar-refractivity contribution in [2.24, 2.45) is 0 Å². The number of rotatable bonds is 3. The molecule has 138 valence electrons. The first-order chi connectivity index (χ1) is 11.5. The topological polar surface area (TPSA) is 65.1 Å². The molecule has 1 saturated heterocycles. The predicted molar refractivity (Wildman–Crippen MR) is 93.7 cm³/mol. The highest BCUT2D eigenvalue weighted by atomic mass is 16.6. The van der Waals surface area contributed by atoms with Gasteiger partial charge in [0.2, 0.25) is 0 Å². The molecule has 0 bridgehead atoms. The van der Waals surface area contributed by atoms with Crippen LogP contribution in [-0.2, 0) is 14.3 Å². The summed E-state index contributed by atoms with van der Waals surface area (Å²) in [7, 11) is 0. The zero-order chi connectivity index (χ0) is 18.8. The van der Waals surface area contributed by atoms with Crippen LogP contribution < -0.4 is 4.74 Å². The van der Waals surface area contributed by atoms with E-state index in [1.807, 2.05) is 46.8 Å². The molecule has 0 unspecified atom stereocenters. The molecule has 1 aliphatic heterocycles. The van der Waals surface area contributed by atoms with E-state index in [2.05, 4.69) is 6.07 Å². The van der Waals surface area contributed by atoms with Gasteiger partial charge < -0.3 is 19.1 Å². The molecule has 1 fully saturated rings. The lowest BCUT2D eigenvalue weighted by atomic mass is 10.1. The molecule has 6 heteroatoms. The van der Waals surface area contributed by atoms with Gasteiger partial charge in [0.15, 0.2) is 12.2 Å². The fraction of sp³-hybridized carbons (Fsp3) is 0.579. The van der Waals surface area contributed by atoms with E-state index in [4.69, 9.17) is 14.2 Å². The number of hydrogen-bond donors (Lipinski definition) is 0. The molecule has 0 spiro atoms. The Balaban J connectivity index is 2.13. The molecule has 1 aromatic rings. The Bertz CT molecular complexity index is 629. The van der Waals surface area contributed by atoms with E-state index >= 15 is 0 Å². The van der Waals surface area contributed by atoms with Gasteiger partial charge in [0, 0.05) is 6.92 Å². The lowest BCUT2D eigenvalue weighted by Crippen LogP contribution is -2.36. The van der Waals surface area contributed by atoms with Crippen molar-refractivity contribution in [1.29, 1.82) is 0 Å². The third kappa shape index (κ3) is 5.66. The molecule has 1 amide bonds. The van der Waals surface area contributed by atoms with Crippen LogP contribution in [-0.4, -0.2) is 47.9 Å². The van der Waals surface area contributed by atoms with Gasteiger partial charge in [-0.25, -0.2) is 4.79 Å². The minimum atomic E-state index is -0.583. The fourth-order valence-corrected chi connectivity index (χ4v) is 2.83. The standard InChI is InChI=1S/C19H27NO5/c1-12-7-13(2)9-15(8-12)24-17-11-20(10-16(17)23-14(3)21)18(22)25-19(4,5)6/h7-9,16-17H,10-11H2,1-6H3/t16-,17-/m1/s1. The predicted octanol–water partition coefficient (Wildman–Crippen LogP) is 3.23. The molecule has 0 N–H and O–H groups in total. The Hall–Kier alpha value is -2.24. The van der Waals surface area contributed by atoms with Crippen LogP contribution in [0.1, 0.15) is 38.8 Å². The Morgan fingerprint density at radius 1 is 1.04 bits per heavy atom. The third-order valence-corrected chi connectivity index (χ3v) is 3.67. The van der Waals surface area contributed by atoms with E-state index < -0.39 is 29.9 Å². The van der Waals surface area contributed by atoms with Crippen molar-refractivity contribution < 1.29 is 23.8 Å². The van der Waals surface area contributed by atoms with E-state index in [0.717, 1.165) is 11.1 Å². The first kappa shape index (κ1) is 19.1. The van der Waals surface area contributed by atoms with Gasteiger partial charge in [0.25, 0.3) is 0 Å². The third-order valence-electron chi connectivity index (χ3n) is 3.67. The Labute approximate surface area is 149 Å². The summed E-state index contributed by atoms with van der Waals surface area (Å²) in [6, 6.07) is 5.90. The minimum absolute atomic E-state index is 0.254. The van der Waals surface area contributed by atoms with Crippen LogP contribution in [0.15, 0.2) is 18.2 Å². The van der Waals surface area contributed by atoms with E-state index in [-0.39, 0.29) is 6.54 Å². The summed E-state index contributed by atoms with van der Waals surface area (Å²) in [4.78, 5) is 25.2. The van der Waals surface area contributed by atoms with Crippen LogP contribution in [0, 0.1) is 13.8 Å². The Morgan fingerprint density at radius 3 is 2.12 bits per heavy atom. The van der Waals surface area contributed by atoms with E-state index in [1.165, 1.54) is 11.8 Å². The van der Waals surface area contributed by atoms with Gasteiger partial charge in [0.1, 0.15) is 11.4 Å². The maximum atomic E-state index is 12.3. The average molecular weight is 349 g/mol. The number of ether oxygens (including phenoxy) is 3. The molecule has 1 aliphatic rings. The number of carbonyl (C=O) groups excluding carboxylic acids is 2. The summed E-state index contributed by atoms with van der Waals surface area (Å²) in [5, 5.41) is 0. The lowest BCUT2D eigenvalue weighted by Gasteiger charge is -2.24. The van der Waals surface area contributed by atoms with Gasteiger partial charge in [-0.3, -0.25) is 4.79 Å². The number of benzene rings is 1. The number of esters is 1. The highest BCUT2D eigenvalue weighted by molar-refractivity contribution is 5.69. The fourth-order valence-electron chi connectivity index (χ4n) is 2.83. The molecule has 1 aromatic carbocycles. The van der Waals surface area contributed by atoms with Crippen LogP contribution in [0.4, 0.5) is 4.79 Å². The SMILES string of the molecule is CC(=O)O[C@@H]1CN(C(=O)OC(C)(C)C)C[C@H]1Oc1cc(C)cc(C)c1. The summed E-state index contributed by atoms with van der Waals surface area (Å²) in [6.45, 7) is 11.3. The van der Waals surface area contributed by atoms with Gasteiger partial charge in [0.05, 0.1) is 13.1 Å². The molecule has 2 rings (SSSR count). The van der Waals surface area contributed by atoms with Crippen molar-refractivity contribution in [2.75, 3.05) is 13.1 Å². The molecule has 1 heterocycles. The summed E-state index contributed by atoms with van der Waals surface area (Å²) in [6.07, 6.45) is -1.39. The molecular formula is C19H27NO5. The van der Waals surface area contributed by atoms with Crippen molar-refractivity contribution >= 4 is 12.1 Å². The van der Waals surface area contributed by atoms with Crippen LogP contribution in [0.3, 0.4) is 0 Å². The minimum Gasteiger partial charge on any atom is -0.485 e. The zero-order valence-corrected chi connectivity index (χ0v) is 15.8. The second-order valence-electron chi connectivity index (χ2n) is 7.51. The van der Waals surface area contributed by atoms with Crippen LogP contribution in [0.5, 0.6) is 5.75 Å². The quantitative estimate of drug-likeness (QED) is 0.784. The Kier molecular flexibility index (Phi) is 5.60. The number of aryl methyl sites for hydroxylation is 2. The number of hydrogen-bond acceptors (Lipinski definition) is 5. The molecule has 2 atom stereocenters. The second kappa shape index (κ2) is 7.33. The normalized spacial score (nSPS) is 20.3. The largest absolute Gasteiger partial charge is 0.485 e. The molecule has 0 radical (unpaired) electrons. The van der Waals surface area contributed by atoms with Gasteiger partial charge in [-0.15, -0.1) is 0 Å². The van der Waals surface area contributed by atoms with E-state index in [9.17, 15) is 9.59 Å². The van der Waals surface area contributed by atoms with Crippen LogP contribution in [0.2, 0.25) is 0 Å². The van der Waals surface area contributed by atoms with Gasteiger partial charge in [-0.2, -0.15) is 0 Å². The van der Waals surface area contributed by atoms with Gasteiger partial charge >= 0.3 is 12.1 Å². The highest BCUT2D eigenvalue weighted by Gasteiger charge is 2.40. The monoisotopic (exact) mass is 349 g/mol. The first-order valence-corrected chi connectivity index (χ1v) is 8.43. The Morgan fingerprint density at radius 2 is 1.60 bits per heavy atom. The zero-order valence-electron chi connectivity index (χ0n) is 15.8. The van der Waals surface area contributed by atoms with Crippen molar-refractivity contribution in [3.63, 3.8) is 0 Å². The summed E-state index contributed by atoms with van der Waals surface area (Å²) < 4.78 is 16.8. The molecule has 25 heavy (non-hydrogen) atoms. The molecule has 0 aliphatic carbocycles. The molecule has 0 saturated carbocycles. The second-order valence-corrected chi connectivity index (χ2v) is 7.51. The van der Waals surface area contributed by atoms with Crippen molar-refractivity contribution in [2.45, 2.75) is 59.4 Å². The first-order valence-electron chi connectivity index (χ1n) is 8.43. The lowest BCUT2D eigenvalue weighted by molar-refractivity contribution is -0.148. The number of carbonyl (C=O) groups is 2. The van der Waals surface area contributed by atoms with Crippen molar-refractivity contribution in [1.82, 2.24) is 4.90 Å². The average Bonchev–Trinajstić information content (AvgIpc) is 2.78. The van der Waals surface area contributed by atoms with Crippen LogP contribution in [0.25, 0.3) is 0 Å². The molecule has 0 aromatic heterocycles. The molecular weight excluding hydrogens is 322 g/mol. The highest BCUT2D eigenvalue weighted by Crippen LogP contribution is 2.24. The number of amides is 1. The summed E-state index contributed by atoms with van der Waals surface area (Å²) >= 11 is 0. The van der Waals surface area contributed by atoms with Gasteiger partial charge in [-0.1, -0.05) is 6.07 Å². The summed E-state index contributed by atoms with van der Waals surface area (Å²) in [5.41, 5.74) is 1.59. The number of nitrogens with zero attached hydrogens (tertiary/aromatic N) is 1.